The molecule has 1 amide bonds. The summed E-state index contributed by atoms with van der Waals surface area (Å²) in [6, 6.07) is 10.9. The quantitative estimate of drug-likeness (QED) is 0.174. The summed E-state index contributed by atoms with van der Waals surface area (Å²) >= 11 is 0.935. The van der Waals surface area contributed by atoms with E-state index in [2.05, 4.69) is 4.98 Å². The van der Waals surface area contributed by atoms with Crippen molar-refractivity contribution in [2.75, 3.05) is 25.7 Å². The van der Waals surface area contributed by atoms with Gasteiger partial charge in [-0.25, -0.2) is 9.78 Å². The summed E-state index contributed by atoms with van der Waals surface area (Å²) < 4.78 is 15.9. The Hall–Kier alpha value is -4.71. The van der Waals surface area contributed by atoms with Crippen LogP contribution >= 0.6 is 11.3 Å². The number of rotatable bonds is 7. The molecule has 2 heterocycles. The van der Waals surface area contributed by atoms with Crippen molar-refractivity contribution in [1.29, 1.82) is 0 Å². The van der Waals surface area contributed by atoms with E-state index in [0.29, 0.717) is 34.9 Å². The zero-order valence-electron chi connectivity index (χ0n) is 23.4. The molecule has 2 aromatic carbocycles. The number of thiazole rings is 1. The first-order chi connectivity index (χ1) is 19.5. The van der Waals surface area contributed by atoms with Crippen LogP contribution in [0.15, 0.2) is 48.0 Å². The molecule has 216 valence electrons. The standard InChI is InChI=1S/C27H26N2O7S.C2H4O2/c1-6-36-19-10-8-7-9-17(19)21-20(22(30)16-11-12-18(34-4)14(2)13-16)23(31)25(32)29(21)27-28-15(3)24(37-27)26(33)35-5;1-2(3)4/h7-13,21,30H,6H2,1-5H3;1H3,(H,3,4). The number of methoxy groups -OCH3 is 2. The minimum Gasteiger partial charge on any atom is -0.507 e. The highest BCUT2D eigenvalue weighted by molar-refractivity contribution is 7.17. The van der Waals surface area contributed by atoms with Gasteiger partial charge in [-0.15, -0.1) is 0 Å². The lowest BCUT2D eigenvalue weighted by molar-refractivity contribution is -0.134. The first-order valence-corrected chi connectivity index (χ1v) is 13.2. The Morgan fingerprint density at radius 1 is 1.05 bits per heavy atom. The monoisotopic (exact) mass is 582 g/mol. The molecule has 12 heteroatoms. The maximum Gasteiger partial charge on any atom is 0.350 e. The number of nitrogens with zero attached hydrogens (tertiary/aromatic N) is 2. The summed E-state index contributed by atoms with van der Waals surface area (Å²) in [5.74, 6) is -2.48. The number of aliphatic hydroxyl groups excluding tert-OH is 1. The summed E-state index contributed by atoms with van der Waals surface area (Å²) in [5.41, 5.74) is 1.82. The van der Waals surface area contributed by atoms with E-state index in [4.69, 9.17) is 24.1 Å². The summed E-state index contributed by atoms with van der Waals surface area (Å²) in [5, 5.41) is 18.9. The number of carbonyl (C=O) groups is 4. The van der Waals surface area contributed by atoms with Gasteiger partial charge in [-0.1, -0.05) is 29.5 Å². The van der Waals surface area contributed by atoms with Crippen LogP contribution in [-0.2, 0) is 19.1 Å². The van der Waals surface area contributed by atoms with Crippen molar-refractivity contribution in [3.8, 4) is 11.5 Å². The van der Waals surface area contributed by atoms with Crippen LogP contribution in [0.5, 0.6) is 11.5 Å². The van der Waals surface area contributed by atoms with Crippen molar-refractivity contribution >= 4 is 45.9 Å². The normalized spacial score (nSPS) is 15.7. The van der Waals surface area contributed by atoms with Gasteiger partial charge in [0.2, 0.25) is 0 Å². The minimum absolute atomic E-state index is 0.116. The SMILES string of the molecule is CC(=O)O.CCOc1ccccc1C1C(=C(O)c2ccc(OC)c(C)c2)C(=O)C(=O)N1c1nc(C)c(C(=O)OC)s1. The number of benzene rings is 2. The van der Waals surface area contributed by atoms with Crippen LogP contribution in [0.25, 0.3) is 5.76 Å². The number of para-hydroxylation sites is 1. The van der Waals surface area contributed by atoms with Crippen LogP contribution in [0, 0.1) is 13.8 Å². The van der Waals surface area contributed by atoms with Crippen LogP contribution in [-0.4, -0.2) is 59.7 Å². The number of carbonyl (C=O) groups excluding carboxylic acids is 3. The fraction of sp³-hybridized carbons (Fsp3) is 0.276. The number of hydrogen-bond acceptors (Lipinski definition) is 10. The van der Waals surface area contributed by atoms with Crippen molar-refractivity contribution in [3.05, 3.63) is 75.3 Å². The molecule has 1 atom stereocenters. The minimum atomic E-state index is -1.05. The molecule has 0 radical (unpaired) electrons. The zero-order valence-corrected chi connectivity index (χ0v) is 24.2. The number of aliphatic hydroxyl groups is 1. The molecule has 1 aliphatic heterocycles. The van der Waals surface area contributed by atoms with Crippen molar-refractivity contribution in [2.24, 2.45) is 0 Å². The first-order valence-electron chi connectivity index (χ1n) is 12.4. The number of amides is 1. The lowest BCUT2D eigenvalue weighted by Crippen LogP contribution is -2.29. The van der Waals surface area contributed by atoms with E-state index in [1.165, 1.54) is 19.1 Å². The smallest absolute Gasteiger partial charge is 0.350 e. The summed E-state index contributed by atoms with van der Waals surface area (Å²) in [6.45, 7) is 6.67. The Morgan fingerprint density at radius 2 is 1.71 bits per heavy atom. The van der Waals surface area contributed by atoms with Crippen LogP contribution in [0.1, 0.15) is 51.9 Å². The second-order valence-corrected chi connectivity index (χ2v) is 9.72. The number of ketones is 1. The largest absolute Gasteiger partial charge is 0.507 e. The van der Waals surface area contributed by atoms with Gasteiger partial charge in [0, 0.05) is 18.1 Å². The number of aliphatic carboxylic acids is 1. The number of carboxylic acids is 1. The lowest BCUT2D eigenvalue weighted by atomic mass is 9.94. The molecule has 11 nitrogen and oxygen atoms in total. The predicted molar refractivity (Wildman–Crippen MR) is 152 cm³/mol. The number of ether oxygens (including phenoxy) is 3. The number of aryl methyl sites for hydroxylation is 2. The molecule has 3 aromatic rings. The van der Waals surface area contributed by atoms with E-state index in [0.717, 1.165) is 23.8 Å². The summed E-state index contributed by atoms with van der Waals surface area (Å²) in [4.78, 5) is 54.0. The maximum absolute atomic E-state index is 13.5. The Bertz CT molecular complexity index is 1520. The molecule has 0 aliphatic carbocycles. The number of hydrogen-bond donors (Lipinski definition) is 2. The molecule has 0 spiro atoms. The highest BCUT2D eigenvalue weighted by Crippen LogP contribution is 2.46. The highest BCUT2D eigenvalue weighted by atomic mass is 32.1. The van der Waals surface area contributed by atoms with Crippen LogP contribution in [0.3, 0.4) is 0 Å². The number of esters is 1. The van der Waals surface area contributed by atoms with Crippen molar-refractivity contribution in [2.45, 2.75) is 33.7 Å². The number of aromatic nitrogens is 1. The van der Waals surface area contributed by atoms with E-state index < -0.39 is 29.7 Å². The van der Waals surface area contributed by atoms with Gasteiger partial charge < -0.3 is 24.4 Å². The Balaban J connectivity index is 0.00000108. The third kappa shape index (κ3) is 6.38. The molecular weight excluding hydrogens is 552 g/mol. The molecule has 1 saturated heterocycles. The third-order valence-corrected chi connectivity index (χ3v) is 7.13. The molecule has 0 bridgehead atoms. The Morgan fingerprint density at radius 3 is 2.29 bits per heavy atom. The molecule has 1 fully saturated rings. The molecule has 1 aromatic heterocycles. The molecule has 41 heavy (non-hydrogen) atoms. The summed E-state index contributed by atoms with van der Waals surface area (Å²) in [6.07, 6.45) is 0. The number of Topliss-reactive ketones (excluding diaryl/α,β-unsaturated/α-hetero) is 1. The average Bonchev–Trinajstić information content (AvgIpc) is 3.44. The summed E-state index contributed by atoms with van der Waals surface area (Å²) in [7, 11) is 2.79. The van der Waals surface area contributed by atoms with E-state index in [1.54, 1.807) is 49.4 Å². The van der Waals surface area contributed by atoms with Gasteiger partial charge >= 0.3 is 11.9 Å². The maximum atomic E-state index is 13.5. The second kappa shape index (κ2) is 13.1. The molecule has 1 unspecified atom stereocenters. The van der Waals surface area contributed by atoms with Gasteiger partial charge in [0.15, 0.2) is 5.13 Å². The van der Waals surface area contributed by atoms with Gasteiger partial charge in [-0.05, 0) is 50.6 Å². The molecule has 0 saturated carbocycles. The first kappa shape index (κ1) is 30.8. The van der Waals surface area contributed by atoms with Crippen molar-refractivity contribution < 1.29 is 43.6 Å². The molecular formula is C29H30N2O9S. The number of carboxylic acid groups (broad SMARTS) is 1. The number of anilines is 1. The van der Waals surface area contributed by atoms with Gasteiger partial charge in [0.25, 0.3) is 11.8 Å². The van der Waals surface area contributed by atoms with Crippen molar-refractivity contribution in [1.82, 2.24) is 4.98 Å². The van der Waals surface area contributed by atoms with Crippen LogP contribution in [0.4, 0.5) is 5.13 Å². The molecule has 2 N–H and O–H groups in total. The molecule has 4 rings (SSSR count). The van der Waals surface area contributed by atoms with Crippen molar-refractivity contribution in [3.63, 3.8) is 0 Å². The van der Waals surface area contributed by atoms with Gasteiger partial charge in [0.1, 0.15) is 28.2 Å². The van der Waals surface area contributed by atoms with E-state index in [-0.39, 0.29) is 21.3 Å². The molecule has 1 aliphatic rings. The van der Waals surface area contributed by atoms with E-state index >= 15 is 0 Å². The Labute approximate surface area is 240 Å². The second-order valence-electron chi connectivity index (χ2n) is 8.75. The van der Waals surface area contributed by atoms with E-state index in [9.17, 15) is 19.5 Å². The van der Waals surface area contributed by atoms with E-state index in [1.807, 2.05) is 13.8 Å². The van der Waals surface area contributed by atoms with Gasteiger partial charge in [0.05, 0.1) is 32.1 Å². The third-order valence-electron chi connectivity index (χ3n) is 5.99. The lowest BCUT2D eigenvalue weighted by Gasteiger charge is -2.24. The fourth-order valence-corrected chi connectivity index (χ4v) is 5.28. The Kier molecular flexibility index (Phi) is 9.85. The van der Waals surface area contributed by atoms with Gasteiger partial charge in [-0.3, -0.25) is 19.3 Å². The predicted octanol–water partition coefficient (Wildman–Crippen LogP) is 4.67. The highest BCUT2D eigenvalue weighted by Gasteiger charge is 2.49. The zero-order chi connectivity index (χ0) is 30.4. The van der Waals surface area contributed by atoms with Gasteiger partial charge in [-0.2, -0.15) is 0 Å². The topological polar surface area (TPSA) is 153 Å². The average molecular weight is 583 g/mol. The van der Waals surface area contributed by atoms with Crippen LogP contribution in [0.2, 0.25) is 0 Å². The van der Waals surface area contributed by atoms with Crippen LogP contribution < -0.4 is 14.4 Å². The fourth-order valence-electron chi connectivity index (χ4n) is 4.27.